The molecule has 2 aromatic rings. The summed E-state index contributed by atoms with van der Waals surface area (Å²) in [6.07, 6.45) is 0. The molecule has 0 amide bonds. The Morgan fingerprint density at radius 2 is 2.06 bits per heavy atom. The van der Waals surface area contributed by atoms with E-state index in [1.54, 1.807) is 24.3 Å². The summed E-state index contributed by atoms with van der Waals surface area (Å²) in [5.41, 5.74) is 1.30. The molecule has 1 aromatic heterocycles. The number of Topliss-reactive ketones (excluding diaryl/α,β-unsaturated/α-hetero) is 1. The van der Waals surface area contributed by atoms with E-state index in [2.05, 4.69) is 21.1 Å². The van der Waals surface area contributed by atoms with E-state index in [-0.39, 0.29) is 16.9 Å². The molecule has 3 nitrogen and oxygen atoms in total. The topological polar surface area (TPSA) is 43.1 Å². The Bertz CT molecular complexity index is 568. The van der Waals surface area contributed by atoms with E-state index >= 15 is 0 Å². The van der Waals surface area contributed by atoms with Gasteiger partial charge >= 0.3 is 0 Å². The van der Waals surface area contributed by atoms with Gasteiger partial charge in [0.25, 0.3) is 0 Å². The number of nitrogens with zero attached hydrogens (tertiary/aromatic N) is 1. The fraction of sp³-hybridized carbons (Fsp3) is 0.0909. The molecule has 0 saturated carbocycles. The molecule has 0 atom stereocenters. The Morgan fingerprint density at radius 1 is 1.29 bits per heavy atom. The minimum absolute atomic E-state index is 0.163. The number of aromatic nitrogens is 1. The van der Waals surface area contributed by atoms with Gasteiger partial charge in [-0.2, -0.15) is 0 Å². The number of ketones is 1. The maximum atomic E-state index is 11.4. The highest BCUT2D eigenvalue weighted by Crippen LogP contribution is 2.28. The Hall–Kier alpha value is -0.840. The lowest BCUT2D eigenvalue weighted by atomic mass is 10.1. The molecule has 2 rings (SSSR count). The lowest BCUT2D eigenvalue weighted by Gasteiger charge is -1.98. The Kier molecular flexibility index (Phi) is 3.86. The van der Waals surface area contributed by atoms with Gasteiger partial charge in [-0.05, 0) is 12.1 Å². The molecular weight excluding hydrogens is 329 g/mol. The van der Waals surface area contributed by atoms with Crippen molar-refractivity contribution in [2.24, 2.45) is 0 Å². The van der Waals surface area contributed by atoms with E-state index in [1.807, 2.05) is 0 Å². The van der Waals surface area contributed by atoms with Gasteiger partial charge in [0.15, 0.2) is 0 Å². The molecule has 0 fully saturated rings. The normalized spacial score (nSPS) is 10.5. The van der Waals surface area contributed by atoms with Crippen molar-refractivity contribution in [2.45, 2.75) is 0 Å². The zero-order valence-electron chi connectivity index (χ0n) is 8.41. The molecule has 1 aromatic carbocycles. The van der Waals surface area contributed by atoms with Crippen LogP contribution in [-0.2, 0) is 0 Å². The second-order valence-corrected chi connectivity index (χ2v) is 4.64. The predicted octanol–water partition coefficient (Wildman–Crippen LogP) is 4.23. The molecule has 0 radical (unpaired) electrons. The summed E-state index contributed by atoms with van der Waals surface area (Å²) in [6, 6.07) is 6.67. The van der Waals surface area contributed by atoms with Crippen molar-refractivity contribution in [1.82, 2.24) is 5.16 Å². The number of hydrogen-bond donors (Lipinski definition) is 0. The standard InChI is InChI=1S/C11H6BrCl2NO2/c12-5-10(16)11-4-9(15-17-11)6-1-2-7(13)8(14)3-6/h1-4H,5H2. The van der Waals surface area contributed by atoms with Gasteiger partial charge in [-0.15, -0.1) is 0 Å². The summed E-state index contributed by atoms with van der Waals surface area (Å²) in [5, 5.41) is 4.90. The smallest absolute Gasteiger partial charge is 0.211 e. The van der Waals surface area contributed by atoms with E-state index in [4.69, 9.17) is 27.7 Å². The first-order chi connectivity index (χ1) is 8.11. The van der Waals surface area contributed by atoms with Crippen molar-refractivity contribution < 1.29 is 9.32 Å². The molecule has 17 heavy (non-hydrogen) atoms. The number of hydrogen-bond acceptors (Lipinski definition) is 3. The molecule has 0 aliphatic heterocycles. The predicted molar refractivity (Wildman–Crippen MR) is 70.1 cm³/mol. The van der Waals surface area contributed by atoms with Gasteiger partial charge in [0, 0.05) is 11.6 Å². The fourth-order valence-electron chi connectivity index (χ4n) is 1.26. The molecule has 0 aliphatic carbocycles. The van der Waals surface area contributed by atoms with Gasteiger partial charge < -0.3 is 4.52 Å². The van der Waals surface area contributed by atoms with Crippen LogP contribution >= 0.6 is 39.1 Å². The highest BCUT2D eigenvalue weighted by molar-refractivity contribution is 9.09. The van der Waals surface area contributed by atoms with Crippen LogP contribution in [-0.4, -0.2) is 16.3 Å². The van der Waals surface area contributed by atoms with Crippen molar-refractivity contribution in [3.63, 3.8) is 0 Å². The number of halogens is 3. The fourth-order valence-corrected chi connectivity index (χ4v) is 1.84. The summed E-state index contributed by atoms with van der Waals surface area (Å²) in [7, 11) is 0. The van der Waals surface area contributed by atoms with Crippen LogP contribution in [0.4, 0.5) is 0 Å². The molecule has 6 heteroatoms. The van der Waals surface area contributed by atoms with E-state index < -0.39 is 0 Å². The quantitative estimate of drug-likeness (QED) is 0.623. The maximum absolute atomic E-state index is 11.4. The van der Waals surface area contributed by atoms with Crippen molar-refractivity contribution in [3.05, 3.63) is 40.1 Å². The van der Waals surface area contributed by atoms with Crippen molar-refractivity contribution in [2.75, 3.05) is 5.33 Å². The van der Waals surface area contributed by atoms with Crippen LogP contribution in [0.1, 0.15) is 10.6 Å². The zero-order chi connectivity index (χ0) is 12.4. The van der Waals surface area contributed by atoms with Gasteiger partial charge in [-0.25, -0.2) is 0 Å². The molecule has 0 unspecified atom stereocenters. The number of carbonyl (C=O) groups is 1. The van der Waals surface area contributed by atoms with Crippen LogP contribution in [0.3, 0.4) is 0 Å². The second kappa shape index (κ2) is 5.21. The van der Waals surface area contributed by atoms with Gasteiger partial charge in [-0.1, -0.05) is 50.4 Å². The summed E-state index contributed by atoms with van der Waals surface area (Å²) in [5.74, 6) is 0.0479. The third-order valence-corrected chi connectivity index (χ3v) is 3.37. The SMILES string of the molecule is O=C(CBr)c1cc(-c2ccc(Cl)c(Cl)c2)no1. The minimum Gasteiger partial charge on any atom is -0.352 e. The van der Waals surface area contributed by atoms with Crippen LogP contribution in [0.5, 0.6) is 0 Å². The number of rotatable bonds is 3. The molecule has 1 heterocycles. The second-order valence-electron chi connectivity index (χ2n) is 3.26. The van der Waals surface area contributed by atoms with Crippen LogP contribution in [0.25, 0.3) is 11.3 Å². The van der Waals surface area contributed by atoms with Gasteiger partial charge in [0.1, 0.15) is 5.69 Å². The maximum Gasteiger partial charge on any atom is 0.211 e. The Morgan fingerprint density at radius 3 is 2.71 bits per heavy atom. The summed E-state index contributed by atoms with van der Waals surface area (Å²) in [6.45, 7) is 0. The summed E-state index contributed by atoms with van der Waals surface area (Å²) in [4.78, 5) is 11.4. The molecule has 0 saturated heterocycles. The van der Waals surface area contributed by atoms with Crippen molar-refractivity contribution >= 4 is 44.9 Å². The van der Waals surface area contributed by atoms with Gasteiger partial charge in [-0.3, -0.25) is 4.79 Å². The largest absolute Gasteiger partial charge is 0.352 e. The van der Waals surface area contributed by atoms with E-state index in [1.165, 1.54) is 0 Å². The molecule has 0 bridgehead atoms. The van der Waals surface area contributed by atoms with Crippen LogP contribution in [0, 0.1) is 0 Å². The first-order valence-electron chi connectivity index (χ1n) is 4.63. The van der Waals surface area contributed by atoms with Gasteiger partial charge in [0.2, 0.25) is 11.5 Å². The van der Waals surface area contributed by atoms with E-state index in [0.717, 1.165) is 5.56 Å². The van der Waals surface area contributed by atoms with E-state index in [0.29, 0.717) is 15.7 Å². The first-order valence-corrected chi connectivity index (χ1v) is 6.51. The van der Waals surface area contributed by atoms with E-state index in [9.17, 15) is 4.79 Å². The molecular formula is C11H6BrCl2NO2. The van der Waals surface area contributed by atoms with Gasteiger partial charge in [0.05, 0.1) is 15.4 Å². The minimum atomic E-state index is -0.163. The number of alkyl halides is 1. The average Bonchev–Trinajstić information content (AvgIpc) is 2.81. The molecule has 88 valence electrons. The third kappa shape index (κ3) is 2.70. The van der Waals surface area contributed by atoms with Crippen molar-refractivity contribution in [3.8, 4) is 11.3 Å². The Balaban J connectivity index is 2.37. The summed E-state index contributed by atoms with van der Waals surface area (Å²) >= 11 is 14.8. The number of carbonyl (C=O) groups excluding carboxylic acids is 1. The average molecular weight is 335 g/mol. The zero-order valence-corrected chi connectivity index (χ0v) is 11.5. The summed E-state index contributed by atoms with van der Waals surface area (Å²) < 4.78 is 4.94. The highest BCUT2D eigenvalue weighted by atomic mass is 79.9. The third-order valence-electron chi connectivity index (χ3n) is 2.12. The lowest BCUT2D eigenvalue weighted by Crippen LogP contribution is -1.96. The van der Waals surface area contributed by atoms with Crippen LogP contribution < -0.4 is 0 Å². The monoisotopic (exact) mass is 333 g/mol. The molecule has 0 aliphatic rings. The molecule has 0 N–H and O–H groups in total. The van der Waals surface area contributed by atoms with Crippen LogP contribution in [0.15, 0.2) is 28.8 Å². The van der Waals surface area contributed by atoms with Crippen molar-refractivity contribution in [1.29, 1.82) is 0 Å². The lowest BCUT2D eigenvalue weighted by molar-refractivity contribution is 0.0985. The highest BCUT2D eigenvalue weighted by Gasteiger charge is 2.13. The Labute approximate surface area is 116 Å². The first kappa shape index (κ1) is 12.6. The van der Waals surface area contributed by atoms with Crippen LogP contribution in [0.2, 0.25) is 10.0 Å². The number of benzene rings is 1. The molecule has 0 spiro atoms.